The molecule has 1 saturated carbocycles. The molecule has 110 valence electrons. The van der Waals surface area contributed by atoms with E-state index in [9.17, 15) is 9.18 Å². The van der Waals surface area contributed by atoms with Crippen molar-refractivity contribution in [1.82, 2.24) is 10.3 Å². The van der Waals surface area contributed by atoms with Gasteiger partial charge in [0, 0.05) is 17.6 Å². The fraction of sp³-hybridized carbons (Fsp3) is 0.412. The number of halogens is 1. The van der Waals surface area contributed by atoms with Gasteiger partial charge in [0.25, 0.3) is 5.91 Å². The second-order valence-corrected chi connectivity index (χ2v) is 5.97. The van der Waals surface area contributed by atoms with Gasteiger partial charge in [-0.1, -0.05) is 19.1 Å². The minimum absolute atomic E-state index is 0.117. The van der Waals surface area contributed by atoms with E-state index in [1.54, 1.807) is 18.2 Å². The minimum atomic E-state index is -0.360. The molecule has 1 N–H and O–H groups in total. The van der Waals surface area contributed by atoms with Gasteiger partial charge in [0.1, 0.15) is 11.3 Å². The first-order chi connectivity index (χ1) is 10.1. The first-order valence-corrected chi connectivity index (χ1v) is 7.48. The summed E-state index contributed by atoms with van der Waals surface area (Å²) < 4.78 is 13.6. The predicted molar refractivity (Wildman–Crippen MR) is 80.6 cm³/mol. The third kappa shape index (κ3) is 3.04. The maximum absolute atomic E-state index is 13.6. The molecule has 0 bridgehead atoms. The number of hydrogen-bond donors (Lipinski definition) is 1. The second-order valence-electron chi connectivity index (χ2n) is 5.97. The van der Waals surface area contributed by atoms with Crippen LogP contribution < -0.4 is 5.32 Å². The van der Waals surface area contributed by atoms with E-state index in [0.29, 0.717) is 16.5 Å². The van der Waals surface area contributed by atoms with Gasteiger partial charge in [0.15, 0.2) is 0 Å². The van der Waals surface area contributed by atoms with Crippen molar-refractivity contribution in [3.8, 4) is 0 Å². The fourth-order valence-electron chi connectivity index (χ4n) is 2.92. The quantitative estimate of drug-likeness (QED) is 0.915. The van der Waals surface area contributed by atoms with E-state index in [4.69, 9.17) is 0 Å². The number of fused-ring (bicyclic) bond motifs is 1. The van der Waals surface area contributed by atoms with Gasteiger partial charge in [0.2, 0.25) is 0 Å². The number of rotatable bonds is 2. The van der Waals surface area contributed by atoms with Crippen LogP contribution in [0.3, 0.4) is 0 Å². The van der Waals surface area contributed by atoms with Crippen LogP contribution in [0.15, 0.2) is 30.5 Å². The highest BCUT2D eigenvalue weighted by Crippen LogP contribution is 2.24. The Hall–Kier alpha value is -1.97. The van der Waals surface area contributed by atoms with Crippen LogP contribution in [0.25, 0.3) is 10.9 Å². The maximum Gasteiger partial charge on any atom is 0.253 e. The Morgan fingerprint density at radius 2 is 2.05 bits per heavy atom. The molecular weight excluding hydrogens is 267 g/mol. The lowest BCUT2D eigenvalue weighted by atomic mass is 9.87. The zero-order valence-electron chi connectivity index (χ0n) is 12.1. The van der Waals surface area contributed by atoms with Crippen LogP contribution in [-0.2, 0) is 0 Å². The number of carbonyl (C=O) groups is 1. The Bertz CT molecular complexity index is 663. The molecule has 0 atom stereocenters. The molecule has 0 radical (unpaired) electrons. The maximum atomic E-state index is 13.6. The zero-order valence-corrected chi connectivity index (χ0v) is 12.1. The molecule has 21 heavy (non-hydrogen) atoms. The molecule has 1 amide bonds. The summed E-state index contributed by atoms with van der Waals surface area (Å²) in [5.41, 5.74) is 0.798. The van der Waals surface area contributed by atoms with Crippen molar-refractivity contribution < 1.29 is 9.18 Å². The standard InChI is InChI=1S/C17H19FN2O/c1-11-5-7-14(8-6-11)20-17(21)13-9-12-3-2-4-15(18)16(12)19-10-13/h2-4,9-11,14H,5-8H2,1H3,(H,20,21). The van der Waals surface area contributed by atoms with Crippen LogP contribution >= 0.6 is 0 Å². The average Bonchev–Trinajstić information content (AvgIpc) is 2.49. The lowest BCUT2D eigenvalue weighted by Gasteiger charge is -2.26. The molecule has 4 heteroatoms. The van der Waals surface area contributed by atoms with Gasteiger partial charge in [-0.15, -0.1) is 0 Å². The summed E-state index contributed by atoms with van der Waals surface area (Å²) in [4.78, 5) is 16.3. The Kier molecular flexibility index (Phi) is 3.86. The molecule has 3 rings (SSSR count). The number of aromatic nitrogens is 1. The molecule has 1 fully saturated rings. The SMILES string of the molecule is CC1CCC(NC(=O)c2cnc3c(F)cccc3c2)CC1. The first kappa shape index (κ1) is 14.0. The van der Waals surface area contributed by atoms with Crippen molar-refractivity contribution in [2.45, 2.75) is 38.6 Å². The third-order valence-corrected chi connectivity index (χ3v) is 4.27. The molecule has 0 spiro atoms. The zero-order chi connectivity index (χ0) is 14.8. The number of para-hydroxylation sites is 1. The van der Waals surface area contributed by atoms with E-state index >= 15 is 0 Å². The topological polar surface area (TPSA) is 42.0 Å². The van der Waals surface area contributed by atoms with Gasteiger partial charge in [-0.2, -0.15) is 0 Å². The van der Waals surface area contributed by atoms with Gasteiger partial charge < -0.3 is 5.32 Å². The van der Waals surface area contributed by atoms with Crippen molar-refractivity contribution >= 4 is 16.8 Å². The molecule has 1 aromatic heterocycles. The highest BCUT2D eigenvalue weighted by atomic mass is 19.1. The fourth-order valence-corrected chi connectivity index (χ4v) is 2.92. The molecule has 3 nitrogen and oxygen atoms in total. The van der Waals surface area contributed by atoms with E-state index in [2.05, 4.69) is 17.2 Å². The molecule has 1 aromatic carbocycles. The summed E-state index contributed by atoms with van der Waals surface area (Å²) in [6.07, 6.45) is 5.83. The number of carbonyl (C=O) groups excluding carboxylic acids is 1. The Balaban J connectivity index is 1.75. The number of benzene rings is 1. The molecule has 0 unspecified atom stereocenters. The lowest BCUT2D eigenvalue weighted by molar-refractivity contribution is 0.0923. The summed E-state index contributed by atoms with van der Waals surface area (Å²) in [6.45, 7) is 2.25. The number of hydrogen-bond acceptors (Lipinski definition) is 2. The Morgan fingerprint density at radius 1 is 1.29 bits per heavy atom. The molecule has 2 aromatic rings. The van der Waals surface area contributed by atoms with Crippen molar-refractivity contribution in [3.63, 3.8) is 0 Å². The van der Waals surface area contributed by atoms with Gasteiger partial charge in [-0.3, -0.25) is 9.78 Å². The molecule has 0 aliphatic heterocycles. The van der Waals surface area contributed by atoms with Crippen molar-refractivity contribution in [2.75, 3.05) is 0 Å². The van der Waals surface area contributed by atoms with Crippen LogP contribution in [0, 0.1) is 11.7 Å². The normalized spacial score (nSPS) is 22.2. The van der Waals surface area contributed by atoms with E-state index in [1.165, 1.54) is 12.3 Å². The van der Waals surface area contributed by atoms with Crippen LogP contribution in [0.5, 0.6) is 0 Å². The number of nitrogens with one attached hydrogen (secondary N) is 1. The van der Waals surface area contributed by atoms with Crippen molar-refractivity contribution in [1.29, 1.82) is 0 Å². The summed E-state index contributed by atoms with van der Waals surface area (Å²) in [5, 5.41) is 3.72. The monoisotopic (exact) mass is 286 g/mol. The number of nitrogens with zero attached hydrogens (tertiary/aromatic N) is 1. The van der Waals surface area contributed by atoms with Crippen LogP contribution in [0.2, 0.25) is 0 Å². The molecule has 1 aliphatic rings. The highest BCUT2D eigenvalue weighted by Gasteiger charge is 2.20. The van der Waals surface area contributed by atoms with Crippen molar-refractivity contribution in [2.24, 2.45) is 5.92 Å². The highest BCUT2D eigenvalue weighted by molar-refractivity contribution is 5.97. The summed E-state index contributed by atoms with van der Waals surface area (Å²) in [6, 6.07) is 6.72. The van der Waals surface area contributed by atoms with Crippen LogP contribution in [-0.4, -0.2) is 16.9 Å². The number of pyridine rings is 1. The average molecular weight is 286 g/mol. The summed E-state index contributed by atoms with van der Waals surface area (Å²) >= 11 is 0. The summed E-state index contributed by atoms with van der Waals surface area (Å²) in [5.74, 6) is 0.275. The molecule has 1 aliphatic carbocycles. The van der Waals surface area contributed by atoms with Gasteiger partial charge >= 0.3 is 0 Å². The van der Waals surface area contributed by atoms with Crippen LogP contribution in [0.1, 0.15) is 43.0 Å². The van der Waals surface area contributed by atoms with E-state index in [-0.39, 0.29) is 17.8 Å². The van der Waals surface area contributed by atoms with E-state index in [0.717, 1.165) is 31.6 Å². The molecular formula is C17H19FN2O. The molecule has 0 saturated heterocycles. The minimum Gasteiger partial charge on any atom is -0.349 e. The molecule has 1 heterocycles. The third-order valence-electron chi connectivity index (χ3n) is 4.27. The largest absolute Gasteiger partial charge is 0.349 e. The van der Waals surface area contributed by atoms with Gasteiger partial charge in [-0.05, 0) is 43.7 Å². The van der Waals surface area contributed by atoms with E-state index < -0.39 is 0 Å². The second kappa shape index (κ2) is 5.80. The van der Waals surface area contributed by atoms with E-state index in [1.807, 2.05) is 0 Å². The lowest BCUT2D eigenvalue weighted by Crippen LogP contribution is -2.37. The first-order valence-electron chi connectivity index (χ1n) is 7.48. The van der Waals surface area contributed by atoms with Crippen LogP contribution in [0.4, 0.5) is 4.39 Å². The Labute approximate surface area is 123 Å². The van der Waals surface area contributed by atoms with Gasteiger partial charge in [0.05, 0.1) is 5.56 Å². The van der Waals surface area contributed by atoms with Gasteiger partial charge in [-0.25, -0.2) is 4.39 Å². The van der Waals surface area contributed by atoms with Crippen molar-refractivity contribution in [3.05, 3.63) is 41.8 Å². The number of amides is 1. The smallest absolute Gasteiger partial charge is 0.253 e. The predicted octanol–water partition coefficient (Wildman–Crippen LogP) is 3.68. The summed E-state index contributed by atoms with van der Waals surface area (Å²) in [7, 11) is 0. The Morgan fingerprint density at radius 3 is 2.81 bits per heavy atom.